The number of likely N-dealkylation sites (tertiary alicyclic amines) is 1. The number of carbonyl (C=O) groups excluding carboxylic acids is 1. The number of imidazole rings is 1. The standard InChI is InChI=1S/C23H24N4O3/c1-29-16-11-15(12-17(13-16)30-2)27-14-20(26-9-5-6-10-26)21(23(27)28)22-24-18-7-3-4-8-19(18)25-22/h3-4,7-8,11-13H,5-6,9-10,14H2,1-2H3,(H,24,25). The van der Waals surface area contributed by atoms with Gasteiger partial charge in [0.25, 0.3) is 5.91 Å². The number of rotatable bonds is 5. The van der Waals surface area contributed by atoms with E-state index in [1.54, 1.807) is 25.2 Å². The maximum absolute atomic E-state index is 13.6. The van der Waals surface area contributed by atoms with Crippen LogP contribution in [0.15, 0.2) is 48.2 Å². The summed E-state index contributed by atoms with van der Waals surface area (Å²) in [5.41, 5.74) is 4.21. The van der Waals surface area contributed by atoms with E-state index in [-0.39, 0.29) is 5.91 Å². The Labute approximate surface area is 174 Å². The molecule has 0 aliphatic carbocycles. The molecule has 0 atom stereocenters. The molecule has 5 rings (SSSR count). The number of anilines is 1. The van der Waals surface area contributed by atoms with Crippen LogP contribution in [0.3, 0.4) is 0 Å². The van der Waals surface area contributed by atoms with E-state index in [2.05, 4.69) is 9.88 Å². The fourth-order valence-corrected chi connectivity index (χ4v) is 4.27. The second kappa shape index (κ2) is 7.40. The first-order chi connectivity index (χ1) is 14.7. The maximum atomic E-state index is 13.6. The number of ether oxygens (including phenoxy) is 2. The smallest absolute Gasteiger partial charge is 0.264 e. The molecule has 2 aliphatic rings. The van der Waals surface area contributed by atoms with Crippen LogP contribution in [0.25, 0.3) is 16.6 Å². The summed E-state index contributed by atoms with van der Waals surface area (Å²) in [6, 6.07) is 13.4. The van der Waals surface area contributed by atoms with Crippen LogP contribution in [0.5, 0.6) is 11.5 Å². The molecule has 1 saturated heterocycles. The monoisotopic (exact) mass is 404 g/mol. The van der Waals surface area contributed by atoms with Crippen LogP contribution in [0.4, 0.5) is 5.69 Å². The van der Waals surface area contributed by atoms with Gasteiger partial charge in [-0.1, -0.05) is 12.1 Å². The number of nitrogens with zero attached hydrogens (tertiary/aromatic N) is 3. The number of hydrogen-bond acceptors (Lipinski definition) is 5. The minimum atomic E-state index is -0.0636. The van der Waals surface area contributed by atoms with Gasteiger partial charge in [0.15, 0.2) is 0 Å². The zero-order chi connectivity index (χ0) is 20.7. The van der Waals surface area contributed by atoms with Gasteiger partial charge in [-0.25, -0.2) is 4.98 Å². The van der Waals surface area contributed by atoms with Gasteiger partial charge in [-0.2, -0.15) is 0 Å². The fraction of sp³-hybridized carbons (Fsp3) is 0.304. The average molecular weight is 404 g/mol. The predicted octanol–water partition coefficient (Wildman–Crippen LogP) is 3.43. The summed E-state index contributed by atoms with van der Waals surface area (Å²) in [6.07, 6.45) is 2.27. The number of para-hydroxylation sites is 2. The third-order valence-electron chi connectivity index (χ3n) is 5.82. The third-order valence-corrected chi connectivity index (χ3v) is 5.82. The first-order valence-electron chi connectivity index (χ1n) is 10.2. The summed E-state index contributed by atoms with van der Waals surface area (Å²) in [5, 5.41) is 0. The highest BCUT2D eigenvalue weighted by molar-refractivity contribution is 6.29. The van der Waals surface area contributed by atoms with Gasteiger partial charge in [0.1, 0.15) is 22.9 Å². The van der Waals surface area contributed by atoms with Crippen molar-refractivity contribution >= 4 is 28.2 Å². The van der Waals surface area contributed by atoms with Gasteiger partial charge in [-0.15, -0.1) is 0 Å². The Morgan fingerprint density at radius 3 is 2.37 bits per heavy atom. The SMILES string of the molecule is COc1cc(OC)cc(N2CC(N3CCCC3)=C(c3nc4ccccc4[nH]3)C2=O)c1. The van der Waals surface area contributed by atoms with Crippen LogP contribution in [-0.4, -0.2) is 54.6 Å². The molecule has 0 bridgehead atoms. The number of carbonyl (C=O) groups is 1. The van der Waals surface area contributed by atoms with Crippen LogP contribution in [0.2, 0.25) is 0 Å². The molecular weight excluding hydrogens is 380 g/mol. The molecule has 1 aromatic heterocycles. The predicted molar refractivity (Wildman–Crippen MR) is 116 cm³/mol. The first-order valence-corrected chi connectivity index (χ1v) is 10.2. The van der Waals surface area contributed by atoms with Gasteiger partial charge in [0, 0.05) is 31.3 Å². The molecule has 0 radical (unpaired) electrons. The lowest BCUT2D eigenvalue weighted by Crippen LogP contribution is -2.28. The van der Waals surface area contributed by atoms with E-state index in [0.717, 1.165) is 48.3 Å². The summed E-state index contributed by atoms with van der Waals surface area (Å²) < 4.78 is 10.8. The molecule has 30 heavy (non-hydrogen) atoms. The highest BCUT2D eigenvalue weighted by Crippen LogP contribution is 2.37. The number of aromatic amines is 1. The zero-order valence-electron chi connectivity index (χ0n) is 17.1. The number of H-pyrrole nitrogens is 1. The number of hydrogen-bond donors (Lipinski definition) is 1. The lowest BCUT2D eigenvalue weighted by molar-refractivity contribution is -0.112. The lowest BCUT2D eigenvalue weighted by Gasteiger charge is -2.22. The van der Waals surface area contributed by atoms with Gasteiger partial charge >= 0.3 is 0 Å². The van der Waals surface area contributed by atoms with E-state index in [9.17, 15) is 4.79 Å². The number of benzene rings is 2. The molecule has 2 aliphatic heterocycles. The molecule has 2 aromatic carbocycles. The van der Waals surface area contributed by atoms with Crippen LogP contribution in [0, 0.1) is 0 Å². The second-order valence-electron chi connectivity index (χ2n) is 7.58. The molecule has 1 fully saturated rings. The average Bonchev–Trinajstić information content (AvgIpc) is 3.51. The number of aromatic nitrogens is 2. The normalized spacial score (nSPS) is 16.8. The quantitative estimate of drug-likeness (QED) is 0.706. The fourth-order valence-electron chi connectivity index (χ4n) is 4.27. The van der Waals surface area contributed by atoms with E-state index in [0.29, 0.717) is 29.4 Å². The minimum absolute atomic E-state index is 0.0636. The van der Waals surface area contributed by atoms with Crippen molar-refractivity contribution in [1.82, 2.24) is 14.9 Å². The van der Waals surface area contributed by atoms with Crippen molar-refractivity contribution < 1.29 is 14.3 Å². The first kappa shape index (κ1) is 18.5. The molecule has 0 saturated carbocycles. The zero-order valence-corrected chi connectivity index (χ0v) is 17.1. The Morgan fingerprint density at radius 1 is 1.00 bits per heavy atom. The molecule has 1 amide bonds. The highest BCUT2D eigenvalue weighted by Gasteiger charge is 2.37. The van der Waals surface area contributed by atoms with Crippen molar-refractivity contribution in [3.8, 4) is 11.5 Å². The summed E-state index contributed by atoms with van der Waals surface area (Å²) in [4.78, 5) is 25.8. The van der Waals surface area contributed by atoms with Crippen molar-refractivity contribution in [2.75, 3.05) is 38.8 Å². The molecular formula is C23H24N4O3. The number of amides is 1. The van der Waals surface area contributed by atoms with Crippen LogP contribution in [0.1, 0.15) is 18.7 Å². The molecule has 1 N–H and O–H groups in total. The summed E-state index contributed by atoms with van der Waals surface area (Å²) >= 11 is 0. The van der Waals surface area contributed by atoms with Gasteiger partial charge in [-0.3, -0.25) is 4.79 Å². The van der Waals surface area contributed by atoms with Crippen LogP contribution < -0.4 is 14.4 Å². The number of nitrogens with one attached hydrogen (secondary N) is 1. The Kier molecular flexibility index (Phi) is 4.58. The van der Waals surface area contributed by atoms with Crippen molar-refractivity contribution in [1.29, 1.82) is 0 Å². The third kappa shape index (κ3) is 3.07. The number of methoxy groups -OCH3 is 2. The molecule has 7 heteroatoms. The summed E-state index contributed by atoms with van der Waals surface area (Å²) in [7, 11) is 3.22. The van der Waals surface area contributed by atoms with Gasteiger partial charge in [0.2, 0.25) is 0 Å². The van der Waals surface area contributed by atoms with Crippen molar-refractivity contribution in [3.05, 3.63) is 54.0 Å². The summed E-state index contributed by atoms with van der Waals surface area (Å²) in [5.74, 6) is 1.86. The second-order valence-corrected chi connectivity index (χ2v) is 7.58. The largest absolute Gasteiger partial charge is 0.497 e. The van der Waals surface area contributed by atoms with E-state index >= 15 is 0 Å². The molecule has 154 valence electrons. The molecule has 0 unspecified atom stereocenters. The molecule has 7 nitrogen and oxygen atoms in total. The van der Waals surface area contributed by atoms with Gasteiger partial charge in [-0.05, 0) is 25.0 Å². The van der Waals surface area contributed by atoms with Crippen molar-refractivity contribution in [2.24, 2.45) is 0 Å². The Bertz CT molecular complexity index is 1090. The van der Waals surface area contributed by atoms with E-state index in [1.807, 2.05) is 36.4 Å². The number of fused-ring (bicyclic) bond motifs is 1. The highest BCUT2D eigenvalue weighted by atomic mass is 16.5. The van der Waals surface area contributed by atoms with Gasteiger partial charge in [0.05, 0.1) is 43.2 Å². The van der Waals surface area contributed by atoms with Crippen LogP contribution >= 0.6 is 0 Å². The van der Waals surface area contributed by atoms with Crippen molar-refractivity contribution in [3.63, 3.8) is 0 Å². The van der Waals surface area contributed by atoms with Crippen LogP contribution in [-0.2, 0) is 4.79 Å². The summed E-state index contributed by atoms with van der Waals surface area (Å²) in [6.45, 7) is 2.42. The Balaban J connectivity index is 1.60. The van der Waals surface area contributed by atoms with E-state index in [4.69, 9.17) is 14.5 Å². The lowest BCUT2D eigenvalue weighted by atomic mass is 10.2. The minimum Gasteiger partial charge on any atom is -0.497 e. The van der Waals surface area contributed by atoms with E-state index < -0.39 is 0 Å². The Morgan fingerprint density at radius 2 is 1.70 bits per heavy atom. The molecule has 0 spiro atoms. The molecule has 3 aromatic rings. The topological polar surface area (TPSA) is 70.7 Å². The van der Waals surface area contributed by atoms with E-state index in [1.165, 1.54) is 0 Å². The Hall–Kier alpha value is -3.48. The molecule has 3 heterocycles. The van der Waals surface area contributed by atoms with Crippen molar-refractivity contribution in [2.45, 2.75) is 12.8 Å². The maximum Gasteiger partial charge on any atom is 0.264 e. The van der Waals surface area contributed by atoms with Gasteiger partial charge < -0.3 is 24.3 Å².